The van der Waals surface area contributed by atoms with Gasteiger partial charge in [0.05, 0.1) is 11.1 Å². The third kappa shape index (κ3) is 2.88. The van der Waals surface area contributed by atoms with Crippen LogP contribution >= 0.6 is 0 Å². The van der Waals surface area contributed by atoms with Crippen molar-refractivity contribution in [1.82, 2.24) is 10.2 Å². The second kappa shape index (κ2) is 5.82. The minimum absolute atomic E-state index is 0.0445. The van der Waals surface area contributed by atoms with Crippen molar-refractivity contribution >= 4 is 21.6 Å². The van der Waals surface area contributed by atoms with Gasteiger partial charge in [-0.05, 0) is 12.1 Å². The van der Waals surface area contributed by atoms with Crippen LogP contribution in [0.15, 0.2) is 58.2 Å². The van der Waals surface area contributed by atoms with Crippen LogP contribution in [-0.2, 0) is 14.6 Å². The lowest BCUT2D eigenvalue weighted by atomic mass is 10.2. The van der Waals surface area contributed by atoms with Crippen molar-refractivity contribution in [3.8, 4) is 0 Å². The van der Waals surface area contributed by atoms with Gasteiger partial charge >= 0.3 is 5.97 Å². The van der Waals surface area contributed by atoms with E-state index in [2.05, 4.69) is 10.2 Å². The number of allylic oxidation sites excluding steroid dienone is 1. The van der Waals surface area contributed by atoms with Crippen molar-refractivity contribution in [3.63, 3.8) is 0 Å². The number of carboxylic acids is 1. The molecular weight excluding hydrogens is 312 g/mol. The molecule has 9 heteroatoms. The Morgan fingerprint density at radius 3 is 2.36 bits per heavy atom. The van der Waals surface area contributed by atoms with Gasteiger partial charge in [-0.1, -0.05) is 18.2 Å². The molecule has 1 heterocycles. The highest BCUT2D eigenvalue weighted by Crippen LogP contribution is 2.23. The van der Waals surface area contributed by atoms with E-state index in [9.17, 15) is 18.0 Å². The van der Waals surface area contributed by atoms with Gasteiger partial charge < -0.3 is 10.2 Å². The monoisotopic (exact) mass is 322 g/mol. The number of sulfone groups is 1. The summed E-state index contributed by atoms with van der Waals surface area (Å²) >= 11 is 0. The summed E-state index contributed by atoms with van der Waals surface area (Å²) in [7, 11) is -4.00. The molecule has 0 aliphatic rings. The van der Waals surface area contributed by atoms with E-state index in [4.69, 9.17) is 10.2 Å². The predicted octanol–water partition coefficient (Wildman–Crippen LogP) is 0.952. The first-order valence-electron chi connectivity index (χ1n) is 5.86. The number of aliphatic hydroxyl groups is 1. The highest BCUT2D eigenvalue weighted by atomic mass is 32.2. The molecule has 0 bridgehead atoms. The summed E-state index contributed by atoms with van der Waals surface area (Å²) in [5.74, 6) is -3.94. The standard InChI is InChI=1S/C13H10N2O6S/c16-9(6-10(17)13(18)19)12-11(7-14-15-12)22(20,21)8-4-2-1-3-5-8/h1-7,17H,(H,14,15)(H,18,19). The number of carboxylic acid groups (broad SMARTS) is 1. The van der Waals surface area contributed by atoms with Gasteiger partial charge in [-0.15, -0.1) is 0 Å². The number of aromatic amines is 1. The Kier molecular flexibility index (Phi) is 4.08. The van der Waals surface area contributed by atoms with Gasteiger partial charge in [-0.3, -0.25) is 9.89 Å². The zero-order valence-electron chi connectivity index (χ0n) is 10.9. The average Bonchev–Trinajstić information content (AvgIpc) is 2.98. The van der Waals surface area contributed by atoms with Gasteiger partial charge in [0.15, 0.2) is 0 Å². The molecule has 2 aromatic rings. The molecule has 0 unspecified atom stereocenters. The van der Waals surface area contributed by atoms with Gasteiger partial charge in [-0.25, -0.2) is 13.2 Å². The molecule has 8 nitrogen and oxygen atoms in total. The van der Waals surface area contributed by atoms with Gasteiger partial charge in [0, 0.05) is 6.08 Å². The molecule has 2 rings (SSSR count). The average molecular weight is 322 g/mol. The first-order chi connectivity index (χ1) is 10.3. The van der Waals surface area contributed by atoms with E-state index in [0.29, 0.717) is 6.08 Å². The number of aromatic nitrogens is 2. The highest BCUT2D eigenvalue weighted by molar-refractivity contribution is 7.91. The van der Waals surface area contributed by atoms with Crippen LogP contribution in [0.25, 0.3) is 0 Å². The van der Waals surface area contributed by atoms with Crippen molar-refractivity contribution in [2.24, 2.45) is 0 Å². The van der Waals surface area contributed by atoms with Crippen LogP contribution < -0.4 is 0 Å². The third-order valence-electron chi connectivity index (χ3n) is 2.68. The summed E-state index contributed by atoms with van der Waals surface area (Å²) in [6.07, 6.45) is 1.35. The number of hydrogen-bond acceptors (Lipinski definition) is 6. The molecule has 3 N–H and O–H groups in total. The third-order valence-corrected chi connectivity index (χ3v) is 4.46. The fourth-order valence-corrected chi connectivity index (χ4v) is 3.02. The van der Waals surface area contributed by atoms with E-state index in [1.807, 2.05) is 0 Å². The summed E-state index contributed by atoms with van der Waals surface area (Å²) in [6.45, 7) is 0. The number of nitrogens with zero attached hydrogens (tertiary/aromatic N) is 1. The second-order valence-electron chi connectivity index (χ2n) is 4.12. The molecule has 0 amide bonds. The number of aliphatic hydroxyl groups excluding tert-OH is 1. The molecule has 0 fully saturated rings. The lowest BCUT2D eigenvalue weighted by Crippen LogP contribution is -2.09. The van der Waals surface area contributed by atoms with E-state index in [0.717, 1.165) is 6.20 Å². The van der Waals surface area contributed by atoms with Crippen molar-refractivity contribution < 1.29 is 28.2 Å². The molecule has 0 aliphatic heterocycles. The lowest BCUT2D eigenvalue weighted by Gasteiger charge is -2.03. The fourth-order valence-electron chi connectivity index (χ4n) is 1.64. The summed E-state index contributed by atoms with van der Waals surface area (Å²) in [6, 6.07) is 7.37. The topological polar surface area (TPSA) is 137 Å². The highest BCUT2D eigenvalue weighted by Gasteiger charge is 2.26. The Labute approximate surface area is 124 Å². The summed E-state index contributed by atoms with van der Waals surface area (Å²) < 4.78 is 24.9. The van der Waals surface area contributed by atoms with Crippen molar-refractivity contribution in [2.45, 2.75) is 9.79 Å². The second-order valence-corrected chi connectivity index (χ2v) is 6.04. The van der Waals surface area contributed by atoms with Crippen molar-refractivity contribution in [1.29, 1.82) is 0 Å². The number of nitrogens with one attached hydrogen (secondary N) is 1. The van der Waals surface area contributed by atoms with Crippen LogP contribution in [0.3, 0.4) is 0 Å². The van der Waals surface area contributed by atoms with E-state index >= 15 is 0 Å². The number of benzene rings is 1. The van der Waals surface area contributed by atoms with E-state index < -0.39 is 37.9 Å². The predicted molar refractivity (Wildman–Crippen MR) is 73.2 cm³/mol. The van der Waals surface area contributed by atoms with Gasteiger partial charge in [0.1, 0.15) is 10.6 Å². The molecule has 1 aromatic carbocycles. The smallest absolute Gasteiger partial charge is 0.371 e. The molecule has 114 valence electrons. The number of carbonyl (C=O) groups excluding carboxylic acids is 1. The molecule has 0 saturated carbocycles. The molecule has 22 heavy (non-hydrogen) atoms. The molecular formula is C13H10N2O6S. The van der Waals surface area contributed by atoms with Crippen LogP contribution in [-0.4, -0.2) is 40.6 Å². The zero-order valence-corrected chi connectivity index (χ0v) is 11.7. The van der Waals surface area contributed by atoms with E-state index in [1.165, 1.54) is 24.3 Å². The number of rotatable bonds is 5. The maximum atomic E-state index is 12.4. The largest absolute Gasteiger partial charge is 0.502 e. The Morgan fingerprint density at radius 1 is 1.14 bits per heavy atom. The summed E-state index contributed by atoms with van der Waals surface area (Å²) in [5, 5.41) is 23.3. The van der Waals surface area contributed by atoms with Crippen LogP contribution in [0.2, 0.25) is 0 Å². The van der Waals surface area contributed by atoms with Gasteiger partial charge in [0.25, 0.3) is 0 Å². The van der Waals surface area contributed by atoms with Gasteiger partial charge in [0.2, 0.25) is 21.4 Å². The SMILES string of the molecule is O=C(O)C(O)=CC(=O)c1[nH]ncc1S(=O)(=O)c1ccccc1. The molecule has 0 aliphatic carbocycles. The van der Waals surface area contributed by atoms with Crippen LogP contribution in [0, 0.1) is 0 Å². The summed E-state index contributed by atoms with van der Waals surface area (Å²) in [5.41, 5.74) is -0.434. The molecule has 1 aromatic heterocycles. The molecule has 0 spiro atoms. The number of hydrogen-bond donors (Lipinski definition) is 3. The quantitative estimate of drug-likeness (QED) is 0.423. The first kappa shape index (κ1) is 15.4. The van der Waals surface area contributed by atoms with Crippen molar-refractivity contribution in [3.05, 3.63) is 54.1 Å². The molecule has 0 atom stereocenters. The van der Waals surface area contributed by atoms with Crippen LogP contribution in [0.1, 0.15) is 10.5 Å². The Balaban J connectivity index is 2.49. The number of aliphatic carboxylic acids is 1. The normalized spacial score (nSPS) is 12.1. The van der Waals surface area contributed by atoms with Crippen LogP contribution in [0.5, 0.6) is 0 Å². The molecule has 0 radical (unpaired) electrons. The van der Waals surface area contributed by atoms with E-state index in [1.54, 1.807) is 6.07 Å². The number of H-pyrrole nitrogens is 1. The van der Waals surface area contributed by atoms with Crippen molar-refractivity contribution in [2.75, 3.05) is 0 Å². The fraction of sp³-hybridized carbons (Fsp3) is 0. The summed E-state index contributed by atoms with van der Waals surface area (Å²) in [4.78, 5) is 21.9. The molecule has 0 saturated heterocycles. The zero-order chi connectivity index (χ0) is 16.3. The minimum atomic E-state index is -4.00. The first-order valence-corrected chi connectivity index (χ1v) is 7.34. The number of carbonyl (C=O) groups is 2. The Bertz CT molecular complexity index is 852. The maximum absolute atomic E-state index is 12.4. The van der Waals surface area contributed by atoms with Gasteiger partial charge in [-0.2, -0.15) is 5.10 Å². The van der Waals surface area contributed by atoms with Crippen LogP contribution in [0.4, 0.5) is 0 Å². The Morgan fingerprint density at radius 2 is 1.77 bits per heavy atom. The lowest BCUT2D eigenvalue weighted by molar-refractivity contribution is -0.135. The maximum Gasteiger partial charge on any atom is 0.371 e. The number of ketones is 1. The minimum Gasteiger partial charge on any atom is -0.502 e. The van der Waals surface area contributed by atoms with E-state index in [-0.39, 0.29) is 4.90 Å². The Hall–Kier alpha value is -2.94.